The molecule has 0 aliphatic carbocycles. The van der Waals surface area contributed by atoms with Gasteiger partial charge in [0.25, 0.3) is 5.56 Å². The van der Waals surface area contributed by atoms with Crippen LogP contribution in [0.5, 0.6) is 0 Å². The highest BCUT2D eigenvalue weighted by molar-refractivity contribution is 6.31. The van der Waals surface area contributed by atoms with Crippen molar-refractivity contribution in [3.8, 4) is 0 Å². The fraction of sp³-hybridized carbons (Fsp3) is 0.348. The molecule has 0 saturated carbocycles. The van der Waals surface area contributed by atoms with Gasteiger partial charge in [0.2, 0.25) is 5.91 Å². The summed E-state index contributed by atoms with van der Waals surface area (Å²) < 4.78 is 2.58. The number of aromatic nitrogens is 2. The highest BCUT2D eigenvalue weighted by Gasteiger charge is 2.22. The first kappa shape index (κ1) is 20.4. The van der Waals surface area contributed by atoms with Crippen molar-refractivity contribution in [2.24, 2.45) is 5.92 Å². The van der Waals surface area contributed by atoms with Crippen LogP contribution >= 0.6 is 11.6 Å². The van der Waals surface area contributed by atoms with E-state index in [0.717, 1.165) is 18.4 Å². The van der Waals surface area contributed by atoms with E-state index in [1.165, 1.54) is 9.13 Å². The zero-order valence-corrected chi connectivity index (χ0v) is 17.6. The Bertz CT molecular complexity index is 1190. The number of halogens is 1. The maximum atomic E-state index is 13.3. The van der Waals surface area contributed by atoms with Crippen LogP contribution in [-0.4, -0.2) is 33.0 Å². The van der Waals surface area contributed by atoms with Crippen molar-refractivity contribution in [1.82, 2.24) is 14.0 Å². The molecule has 1 aromatic heterocycles. The van der Waals surface area contributed by atoms with Gasteiger partial charge in [0, 0.05) is 18.1 Å². The minimum atomic E-state index is -0.489. The topological polar surface area (TPSA) is 64.3 Å². The summed E-state index contributed by atoms with van der Waals surface area (Å²) in [4.78, 5) is 41.1. The third kappa shape index (κ3) is 4.05. The van der Waals surface area contributed by atoms with Gasteiger partial charge in [-0.15, -0.1) is 0 Å². The predicted molar refractivity (Wildman–Crippen MR) is 118 cm³/mol. The van der Waals surface area contributed by atoms with E-state index >= 15 is 0 Å². The standard InChI is InChI=1S/C23H24ClN3O3/c1-16-9-11-25(12-10-16)21(28)15-26-20-8-7-18(24)13-19(20)22(29)27(23(26)30)14-17-5-3-2-4-6-17/h2-8,13,16H,9-12,14-15H2,1H3. The number of rotatable bonds is 4. The number of carbonyl (C=O) groups is 1. The Morgan fingerprint density at radius 2 is 1.73 bits per heavy atom. The molecule has 3 aromatic rings. The second-order valence-corrected chi connectivity index (χ2v) is 8.41. The van der Waals surface area contributed by atoms with Crippen LogP contribution in [-0.2, 0) is 17.9 Å². The monoisotopic (exact) mass is 425 g/mol. The fourth-order valence-corrected chi connectivity index (χ4v) is 4.12. The van der Waals surface area contributed by atoms with Crippen molar-refractivity contribution in [2.75, 3.05) is 13.1 Å². The van der Waals surface area contributed by atoms with Gasteiger partial charge in [-0.2, -0.15) is 0 Å². The molecule has 2 heterocycles. The number of likely N-dealkylation sites (tertiary alicyclic amines) is 1. The molecule has 1 aliphatic rings. The van der Waals surface area contributed by atoms with Crippen LogP contribution in [0.1, 0.15) is 25.3 Å². The number of amides is 1. The zero-order chi connectivity index (χ0) is 21.3. The van der Waals surface area contributed by atoms with Crippen molar-refractivity contribution in [1.29, 1.82) is 0 Å². The number of carbonyl (C=O) groups excluding carboxylic acids is 1. The van der Waals surface area contributed by atoms with Gasteiger partial charge in [-0.25, -0.2) is 4.79 Å². The van der Waals surface area contributed by atoms with E-state index in [-0.39, 0.29) is 19.0 Å². The van der Waals surface area contributed by atoms with Crippen LogP contribution in [0.3, 0.4) is 0 Å². The lowest BCUT2D eigenvalue weighted by Gasteiger charge is -2.30. The van der Waals surface area contributed by atoms with Crippen LogP contribution < -0.4 is 11.2 Å². The van der Waals surface area contributed by atoms with E-state index < -0.39 is 11.2 Å². The molecule has 6 nitrogen and oxygen atoms in total. The summed E-state index contributed by atoms with van der Waals surface area (Å²) in [5.74, 6) is 0.498. The van der Waals surface area contributed by atoms with Crippen molar-refractivity contribution < 1.29 is 4.79 Å². The van der Waals surface area contributed by atoms with Crippen LogP contribution in [0.2, 0.25) is 5.02 Å². The zero-order valence-electron chi connectivity index (χ0n) is 16.9. The number of nitrogens with zero attached hydrogens (tertiary/aromatic N) is 3. The van der Waals surface area contributed by atoms with E-state index in [1.807, 2.05) is 30.3 Å². The van der Waals surface area contributed by atoms with Crippen LogP contribution in [0, 0.1) is 5.92 Å². The first-order chi connectivity index (χ1) is 14.4. The number of hydrogen-bond donors (Lipinski definition) is 0. The highest BCUT2D eigenvalue weighted by Crippen LogP contribution is 2.18. The Hall–Kier alpha value is -2.86. The minimum Gasteiger partial charge on any atom is -0.341 e. The van der Waals surface area contributed by atoms with E-state index in [4.69, 9.17) is 11.6 Å². The highest BCUT2D eigenvalue weighted by atomic mass is 35.5. The SMILES string of the molecule is CC1CCN(C(=O)Cn2c(=O)n(Cc3ccccc3)c(=O)c3cc(Cl)ccc32)CC1. The summed E-state index contributed by atoms with van der Waals surface area (Å²) >= 11 is 6.13. The van der Waals surface area contributed by atoms with E-state index in [2.05, 4.69) is 6.92 Å². The van der Waals surface area contributed by atoms with Gasteiger partial charge in [0.1, 0.15) is 6.54 Å². The average molecular weight is 426 g/mol. The van der Waals surface area contributed by atoms with Gasteiger partial charge in [0.15, 0.2) is 0 Å². The predicted octanol–water partition coefficient (Wildman–Crippen LogP) is 3.12. The average Bonchev–Trinajstić information content (AvgIpc) is 2.75. The molecule has 0 bridgehead atoms. The number of piperidine rings is 1. The molecule has 1 fully saturated rings. The van der Waals surface area contributed by atoms with Gasteiger partial charge in [-0.3, -0.25) is 18.7 Å². The first-order valence-corrected chi connectivity index (χ1v) is 10.6. The van der Waals surface area contributed by atoms with Crippen LogP contribution in [0.4, 0.5) is 0 Å². The number of benzene rings is 2. The molecule has 0 unspecified atom stereocenters. The Balaban J connectivity index is 1.78. The van der Waals surface area contributed by atoms with E-state index in [1.54, 1.807) is 23.1 Å². The fourth-order valence-electron chi connectivity index (χ4n) is 3.95. The molecule has 1 amide bonds. The Kier molecular flexibility index (Phi) is 5.77. The van der Waals surface area contributed by atoms with Crippen LogP contribution in [0.15, 0.2) is 58.1 Å². The number of hydrogen-bond acceptors (Lipinski definition) is 3. The molecule has 0 spiro atoms. The van der Waals surface area contributed by atoms with Crippen molar-refractivity contribution in [2.45, 2.75) is 32.9 Å². The summed E-state index contributed by atoms with van der Waals surface area (Å²) in [7, 11) is 0. The lowest BCUT2D eigenvalue weighted by molar-refractivity contribution is -0.133. The van der Waals surface area contributed by atoms with Crippen LogP contribution in [0.25, 0.3) is 10.9 Å². The molecule has 0 atom stereocenters. The van der Waals surface area contributed by atoms with Gasteiger partial charge in [-0.1, -0.05) is 48.9 Å². The summed E-state index contributed by atoms with van der Waals surface area (Å²) in [5.41, 5.74) is 0.368. The molecule has 2 aromatic carbocycles. The molecule has 1 aliphatic heterocycles. The third-order valence-corrected chi connectivity index (χ3v) is 6.04. The molecule has 4 rings (SSSR count). The summed E-state index contributed by atoms with van der Waals surface area (Å²) in [5, 5.41) is 0.741. The summed E-state index contributed by atoms with van der Waals surface area (Å²) in [6.07, 6.45) is 1.93. The maximum absolute atomic E-state index is 13.3. The molecule has 0 N–H and O–H groups in total. The molecule has 30 heavy (non-hydrogen) atoms. The van der Waals surface area contributed by atoms with Gasteiger partial charge in [-0.05, 0) is 42.5 Å². The van der Waals surface area contributed by atoms with Crippen molar-refractivity contribution in [3.05, 3.63) is 80.0 Å². The van der Waals surface area contributed by atoms with Gasteiger partial charge >= 0.3 is 5.69 Å². The van der Waals surface area contributed by atoms with Gasteiger partial charge in [0.05, 0.1) is 17.4 Å². The molecular formula is C23H24ClN3O3. The molecular weight excluding hydrogens is 402 g/mol. The number of fused-ring (bicyclic) bond motifs is 1. The largest absolute Gasteiger partial charge is 0.341 e. The first-order valence-electron chi connectivity index (χ1n) is 10.2. The quantitative estimate of drug-likeness (QED) is 0.645. The van der Waals surface area contributed by atoms with E-state index in [9.17, 15) is 14.4 Å². The molecule has 0 radical (unpaired) electrons. The lowest BCUT2D eigenvalue weighted by atomic mass is 9.99. The molecule has 7 heteroatoms. The Labute approximate surface area is 179 Å². The Morgan fingerprint density at radius 3 is 2.43 bits per heavy atom. The molecule has 1 saturated heterocycles. The van der Waals surface area contributed by atoms with E-state index in [0.29, 0.717) is 34.9 Å². The second-order valence-electron chi connectivity index (χ2n) is 7.97. The maximum Gasteiger partial charge on any atom is 0.332 e. The van der Waals surface area contributed by atoms with Gasteiger partial charge < -0.3 is 4.90 Å². The summed E-state index contributed by atoms with van der Waals surface area (Å²) in [6, 6.07) is 14.1. The minimum absolute atomic E-state index is 0.0968. The normalized spacial score (nSPS) is 14.9. The van der Waals surface area contributed by atoms with Crippen molar-refractivity contribution >= 4 is 28.4 Å². The third-order valence-electron chi connectivity index (χ3n) is 5.80. The Morgan fingerprint density at radius 1 is 1.03 bits per heavy atom. The smallest absolute Gasteiger partial charge is 0.332 e. The summed E-state index contributed by atoms with van der Waals surface area (Å²) in [6.45, 7) is 3.62. The van der Waals surface area contributed by atoms with Crippen molar-refractivity contribution in [3.63, 3.8) is 0 Å². The molecule has 156 valence electrons. The lowest BCUT2D eigenvalue weighted by Crippen LogP contribution is -2.45. The second kappa shape index (κ2) is 8.48.